The number of carbonyl (C=O) groups is 2. The lowest BCUT2D eigenvalue weighted by atomic mass is 10.2. The summed E-state index contributed by atoms with van der Waals surface area (Å²) in [5.41, 5.74) is 0. The molecule has 1 unspecified atom stereocenters. The number of carboxylic acids is 1. The summed E-state index contributed by atoms with van der Waals surface area (Å²) in [7, 11) is 1.62. The van der Waals surface area contributed by atoms with Crippen LogP contribution in [0.15, 0.2) is 29.2 Å². The van der Waals surface area contributed by atoms with E-state index in [-0.39, 0.29) is 5.91 Å². The van der Waals surface area contributed by atoms with Crippen LogP contribution in [0, 0.1) is 0 Å². The highest BCUT2D eigenvalue weighted by Crippen LogP contribution is 2.29. The Morgan fingerprint density at radius 1 is 1.43 bits per heavy atom. The van der Waals surface area contributed by atoms with Crippen molar-refractivity contribution in [2.24, 2.45) is 0 Å². The maximum atomic E-state index is 12.1. The Morgan fingerprint density at radius 2 is 2.19 bits per heavy atom. The van der Waals surface area contributed by atoms with Crippen LogP contribution in [0.5, 0.6) is 5.75 Å². The van der Waals surface area contributed by atoms with Crippen molar-refractivity contribution in [1.82, 2.24) is 4.90 Å². The zero-order valence-corrected chi connectivity index (χ0v) is 12.8. The number of amides is 1. The minimum absolute atomic E-state index is 0.0812. The average molecular weight is 309 g/mol. The van der Waals surface area contributed by atoms with E-state index >= 15 is 0 Å². The Bertz CT molecular complexity index is 520. The maximum Gasteiger partial charge on any atom is 0.326 e. The van der Waals surface area contributed by atoms with Crippen molar-refractivity contribution >= 4 is 23.6 Å². The highest BCUT2D eigenvalue weighted by atomic mass is 32.2. The summed E-state index contributed by atoms with van der Waals surface area (Å²) < 4.78 is 5.26. The number of carbonyl (C=O) groups excluding carboxylic acids is 1. The van der Waals surface area contributed by atoms with Crippen LogP contribution in [0.1, 0.15) is 19.3 Å². The molecule has 1 aromatic rings. The van der Waals surface area contributed by atoms with Gasteiger partial charge in [0.05, 0.1) is 7.11 Å². The molecule has 0 saturated carbocycles. The van der Waals surface area contributed by atoms with Crippen LogP contribution in [0.3, 0.4) is 0 Å². The minimum Gasteiger partial charge on any atom is -0.496 e. The molecule has 0 spiro atoms. The molecule has 6 heteroatoms. The standard InChI is InChI=1S/C15H19NO4S/c1-20-12-6-2-3-7-13(12)21-10-8-14(17)16-9-4-5-11(16)15(18)19/h2-3,6-7,11H,4-5,8-10H2,1H3,(H,18,19). The van der Waals surface area contributed by atoms with E-state index in [1.54, 1.807) is 18.9 Å². The highest BCUT2D eigenvalue weighted by Gasteiger charge is 2.33. The Kier molecular flexibility index (Phi) is 5.50. The molecule has 5 nitrogen and oxygen atoms in total. The number of hydrogen-bond donors (Lipinski definition) is 1. The molecule has 1 amide bonds. The summed E-state index contributed by atoms with van der Waals surface area (Å²) in [4.78, 5) is 25.7. The summed E-state index contributed by atoms with van der Waals surface area (Å²) in [6.07, 6.45) is 1.66. The molecule has 1 saturated heterocycles. The molecule has 2 rings (SSSR count). The number of benzene rings is 1. The van der Waals surface area contributed by atoms with Gasteiger partial charge in [-0.1, -0.05) is 12.1 Å². The smallest absolute Gasteiger partial charge is 0.326 e. The molecular formula is C15H19NO4S. The average Bonchev–Trinajstić information content (AvgIpc) is 2.97. The number of likely N-dealkylation sites (tertiary alicyclic amines) is 1. The molecule has 0 radical (unpaired) electrons. The van der Waals surface area contributed by atoms with E-state index in [9.17, 15) is 9.59 Å². The topological polar surface area (TPSA) is 66.8 Å². The van der Waals surface area contributed by atoms with E-state index in [1.807, 2.05) is 24.3 Å². The summed E-state index contributed by atoms with van der Waals surface area (Å²) in [5, 5.41) is 9.09. The fourth-order valence-corrected chi connectivity index (χ4v) is 3.42. The van der Waals surface area contributed by atoms with Gasteiger partial charge in [0.15, 0.2) is 0 Å². The van der Waals surface area contributed by atoms with E-state index in [2.05, 4.69) is 0 Å². The van der Waals surface area contributed by atoms with E-state index in [0.29, 0.717) is 25.1 Å². The van der Waals surface area contributed by atoms with E-state index in [0.717, 1.165) is 17.1 Å². The van der Waals surface area contributed by atoms with Crippen molar-refractivity contribution < 1.29 is 19.4 Å². The number of hydrogen-bond acceptors (Lipinski definition) is 4. The lowest BCUT2D eigenvalue weighted by Crippen LogP contribution is -2.40. The molecule has 0 bridgehead atoms. The van der Waals surface area contributed by atoms with Gasteiger partial charge >= 0.3 is 5.97 Å². The minimum atomic E-state index is -0.904. The summed E-state index contributed by atoms with van der Waals surface area (Å²) in [5.74, 6) is 0.419. The van der Waals surface area contributed by atoms with Gasteiger partial charge in [0.2, 0.25) is 5.91 Å². The summed E-state index contributed by atoms with van der Waals surface area (Å²) >= 11 is 1.55. The number of aliphatic carboxylic acids is 1. The van der Waals surface area contributed by atoms with Gasteiger partial charge in [-0.2, -0.15) is 0 Å². The molecule has 1 aliphatic heterocycles. The fourth-order valence-electron chi connectivity index (χ4n) is 2.45. The molecule has 21 heavy (non-hydrogen) atoms. The third-order valence-electron chi connectivity index (χ3n) is 3.50. The number of ether oxygens (including phenoxy) is 1. The van der Waals surface area contributed by atoms with Crippen molar-refractivity contribution in [3.8, 4) is 5.75 Å². The van der Waals surface area contributed by atoms with Crippen LogP contribution >= 0.6 is 11.8 Å². The lowest BCUT2D eigenvalue weighted by Gasteiger charge is -2.21. The number of rotatable bonds is 6. The third kappa shape index (κ3) is 3.91. The normalized spacial score (nSPS) is 17.8. The molecule has 1 aromatic carbocycles. The van der Waals surface area contributed by atoms with Crippen molar-refractivity contribution in [2.75, 3.05) is 19.4 Å². The predicted molar refractivity (Wildman–Crippen MR) is 80.7 cm³/mol. The number of methoxy groups -OCH3 is 1. The third-order valence-corrected chi connectivity index (χ3v) is 4.56. The second kappa shape index (κ2) is 7.36. The molecule has 1 fully saturated rings. The molecule has 0 aliphatic carbocycles. The van der Waals surface area contributed by atoms with E-state index in [4.69, 9.17) is 9.84 Å². The molecule has 114 valence electrons. The van der Waals surface area contributed by atoms with Crippen molar-refractivity contribution in [3.63, 3.8) is 0 Å². The highest BCUT2D eigenvalue weighted by molar-refractivity contribution is 7.99. The van der Waals surface area contributed by atoms with Crippen LogP contribution in [0.25, 0.3) is 0 Å². The van der Waals surface area contributed by atoms with Gasteiger partial charge in [-0.3, -0.25) is 4.79 Å². The lowest BCUT2D eigenvalue weighted by molar-refractivity contribution is -0.148. The number of para-hydroxylation sites is 1. The summed E-state index contributed by atoms with van der Waals surface area (Å²) in [6, 6.07) is 7.01. The van der Waals surface area contributed by atoms with Gasteiger partial charge in [0.25, 0.3) is 0 Å². The van der Waals surface area contributed by atoms with Crippen molar-refractivity contribution in [3.05, 3.63) is 24.3 Å². The number of nitrogens with zero attached hydrogens (tertiary/aromatic N) is 1. The first-order chi connectivity index (χ1) is 10.1. The van der Waals surface area contributed by atoms with E-state index < -0.39 is 12.0 Å². The van der Waals surface area contributed by atoms with Gasteiger partial charge < -0.3 is 14.7 Å². The van der Waals surface area contributed by atoms with Crippen molar-refractivity contribution in [2.45, 2.75) is 30.2 Å². The van der Waals surface area contributed by atoms with Gasteiger partial charge in [0, 0.05) is 23.6 Å². The first-order valence-electron chi connectivity index (χ1n) is 6.91. The predicted octanol–water partition coefficient (Wildman–Crippen LogP) is 2.25. The van der Waals surface area contributed by atoms with Crippen LogP contribution in [0.4, 0.5) is 0 Å². The Morgan fingerprint density at radius 3 is 2.90 bits per heavy atom. The first kappa shape index (κ1) is 15.7. The molecule has 1 heterocycles. The molecule has 1 atom stereocenters. The van der Waals surface area contributed by atoms with Crippen LogP contribution in [-0.4, -0.2) is 47.3 Å². The van der Waals surface area contributed by atoms with E-state index in [1.165, 1.54) is 4.90 Å². The summed E-state index contributed by atoms with van der Waals surface area (Å²) in [6.45, 7) is 0.551. The largest absolute Gasteiger partial charge is 0.496 e. The zero-order valence-electron chi connectivity index (χ0n) is 11.9. The maximum absolute atomic E-state index is 12.1. The zero-order chi connectivity index (χ0) is 15.2. The SMILES string of the molecule is COc1ccccc1SCCC(=O)N1CCCC1C(=O)O. The molecular weight excluding hydrogens is 290 g/mol. The second-order valence-electron chi connectivity index (χ2n) is 4.83. The van der Waals surface area contributed by atoms with Gasteiger partial charge in [0.1, 0.15) is 11.8 Å². The van der Waals surface area contributed by atoms with Gasteiger partial charge in [-0.05, 0) is 25.0 Å². The molecule has 1 aliphatic rings. The van der Waals surface area contributed by atoms with Gasteiger partial charge in [-0.15, -0.1) is 11.8 Å². The Hall–Kier alpha value is -1.69. The Balaban J connectivity index is 1.85. The number of thioether (sulfide) groups is 1. The first-order valence-corrected chi connectivity index (χ1v) is 7.90. The monoisotopic (exact) mass is 309 g/mol. The van der Waals surface area contributed by atoms with Crippen LogP contribution < -0.4 is 4.74 Å². The molecule has 1 N–H and O–H groups in total. The fraction of sp³-hybridized carbons (Fsp3) is 0.467. The molecule has 0 aromatic heterocycles. The van der Waals surface area contributed by atoms with Crippen molar-refractivity contribution in [1.29, 1.82) is 0 Å². The Labute approximate surface area is 128 Å². The van der Waals surface area contributed by atoms with Crippen LogP contribution in [0.2, 0.25) is 0 Å². The second-order valence-corrected chi connectivity index (χ2v) is 5.97. The van der Waals surface area contributed by atoms with Crippen LogP contribution in [-0.2, 0) is 9.59 Å². The van der Waals surface area contributed by atoms with Gasteiger partial charge in [-0.25, -0.2) is 4.79 Å². The quantitative estimate of drug-likeness (QED) is 0.816. The number of carboxylic acid groups (broad SMARTS) is 1.